The molecule has 4 saturated carbocycles. The molecule has 94 valence electrons. The van der Waals surface area contributed by atoms with Crippen LogP contribution in [-0.4, -0.2) is 16.7 Å². The Balaban J connectivity index is 0.000000963. The second-order valence-electron chi connectivity index (χ2n) is 6.56. The van der Waals surface area contributed by atoms with E-state index in [-0.39, 0.29) is 18.0 Å². The summed E-state index contributed by atoms with van der Waals surface area (Å²) in [5.74, 6) is 1.54. The van der Waals surface area contributed by atoms with Crippen molar-refractivity contribution >= 4 is 12.4 Å². The van der Waals surface area contributed by atoms with Crippen molar-refractivity contribution < 1.29 is 5.11 Å². The van der Waals surface area contributed by atoms with Crippen molar-refractivity contribution in [3.8, 4) is 0 Å². The molecule has 3 atom stereocenters. The molecular weight excluding hydrogens is 222 g/mol. The van der Waals surface area contributed by atoms with Crippen molar-refractivity contribution in [2.75, 3.05) is 0 Å². The molecule has 16 heavy (non-hydrogen) atoms. The van der Waals surface area contributed by atoms with Crippen molar-refractivity contribution in [1.29, 1.82) is 0 Å². The van der Waals surface area contributed by atoms with Crippen LogP contribution in [0.5, 0.6) is 0 Å². The standard InChI is InChI=1S/C13H23NO.ClH/c1-2-11(14)12-4-9-3-10(5-12)7-13(15,6-9)8-12;/h9-11,15H,2-8,14H2,1H3;1H. The van der Waals surface area contributed by atoms with E-state index in [1.807, 2.05) is 0 Å². The Morgan fingerprint density at radius 1 is 1.25 bits per heavy atom. The fraction of sp³-hybridized carbons (Fsp3) is 1.00. The zero-order valence-electron chi connectivity index (χ0n) is 10.1. The number of rotatable bonds is 2. The SMILES string of the molecule is CCC(N)C12CC3CC(CC(O)(C3)C1)C2.Cl. The van der Waals surface area contributed by atoms with Gasteiger partial charge in [-0.3, -0.25) is 0 Å². The van der Waals surface area contributed by atoms with Crippen LogP contribution in [0.3, 0.4) is 0 Å². The van der Waals surface area contributed by atoms with E-state index in [0.29, 0.717) is 11.5 Å². The summed E-state index contributed by atoms with van der Waals surface area (Å²) in [6.45, 7) is 2.19. The lowest BCUT2D eigenvalue weighted by Gasteiger charge is -2.62. The van der Waals surface area contributed by atoms with Gasteiger partial charge in [-0.15, -0.1) is 12.4 Å². The van der Waals surface area contributed by atoms with E-state index < -0.39 is 0 Å². The molecule has 0 radical (unpaired) electrons. The Kier molecular flexibility index (Phi) is 3.05. The Morgan fingerprint density at radius 3 is 2.25 bits per heavy atom. The molecule has 3 unspecified atom stereocenters. The molecule has 3 N–H and O–H groups in total. The third-order valence-corrected chi connectivity index (χ3v) is 5.30. The quantitative estimate of drug-likeness (QED) is 0.785. The van der Waals surface area contributed by atoms with Gasteiger partial charge in [0.25, 0.3) is 0 Å². The maximum Gasteiger partial charge on any atom is 0.0659 e. The second kappa shape index (κ2) is 3.86. The summed E-state index contributed by atoms with van der Waals surface area (Å²) in [6, 6.07) is 0.315. The molecule has 4 aliphatic rings. The van der Waals surface area contributed by atoms with Crippen molar-refractivity contribution in [2.24, 2.45) is 23.0 Å². The highest BCUT2D eigenvalue weighted by Gasteiger charge is 2.58. The number of nitrogens with two attached hydrogens (primary N) is 1. The van der Waals surface area contributed by atoms with Gasteiger partial charge in [0.1, 0.15) is 0 Å². The highest BCUT2D eigenvalue weighted by Crippen LogP contribution is 2.62. The van der Waals surface area contributed by atoms with Gasteiger partial charge < -0.3 is 10.8 Å². The Hall–Kier alpha value is 0.210. The van der Waals surface area contributed by atoms with Gasteiger partial charge in [0.05, 0.1) is 5.60 Å². The molecule has 0 heterocycles. The zero-order valence-corrected chi connectivity index (χ0v) is 10.9. The van der Waals surface area contributed by atoms with E-state index in [0.717, 1.165) is 37.5 Å². The maximum absolute atomic E-state index is 10.6. The van der Waals surface area contributed by atoms with E-state index in [9.17, 15) is 5.11 Å². The monoisotopic (exact) mass is 245 g/mol. The normalized spacial score (nSPS) is 51.2. The summed E-state index contributed by atoms with van der Waals surface area (Å²) >= 11 is 0. The zero-order chi connectivity index (χ0) is 10.7. The summed E-state index contributed by atoms with van der Waals surface area (Å²) in [5, 5.41) is 10.6. The lowest BCUT2D eigenvalue weighted by molar-refractivity contribution is -0.170. The molecule has 0 saturated heterocycles. The predicted molar refractivity (Wildman–Crippen MR) is 67.6 cm³/mol. The molecule has 4 fully saturated rings. The predicted octanol–water partition coefficient (Wildman–Crippen LogP) is 2.48. The van der Waals surface area contributed by atoms with Crippen LogP contribution in [0.4, 0.5) is 0 Å². The van der Waals surface area contributed by atoms with Crippen LogP contribution >= 0.6 is 12.4 Å². The molecule has 0 aromatic carbocycles. The van der Waals surface area contributed by atoms with Gasteiger partial charge in [-0.05, 0) is 62.2 Å². The molecule has 0 spiro atoms. The van der Waals surface area contributed by atoms with Crippen LogP contribution in [0.15, 0.2) is 0 Å². The van der Waals surface area contributed by atoms with Gasteiger partial charge in [0, 0.05) is 6.04 Å². The van der Waals surface area contributed by atoms with Crippen molar-refractivity contribution in [3.63, 3.8) is 0 Å². The van der Waals surface area contributed by atoms with Crippen molar-refractivity contribution in [1.82, 2.24) is 0 Å². The minimum absolute atomic E-state index is 0. The number of hydrogen-bond acceptors (Lipinski definition) is 2. The summed E-state index contributed by atoms with van der Waals surface area (Å²) in [7, 11) is 0. The summed E-state index contributed by atoms with van der Waals surface area (Å²) < 4.78 is 0. The topological polar surface area (TPSA) is 46.2 Å². The summed E-state index contributed by atoms with van der Waals surface area (Å²) in [5.41, 5.74) is 6.28. The Morgan fingerprint density at radius 2 is 1.81 bits per heavy atom. The first-order chi connectivity index (χ1) is 7.05. The molecular formula is C13H24ClNO. The number of aliphatic hydroxyl groups is 1. The Bertz CT molecular complexity index is 267. The van der Waals surface area contributed by atoms with Crippen LogP contribution in [-0.2, 0) is 0 Å². The lowest BCUT2D eigenvalue weighted by Crippen LogP contribution is -2.60. The highest BCUT2D eigenvalue weighted by molar-refractivity contribution is 5.85. The Labute approximate surface area is 104 Å². The first kappa shape index (κ1) is 12.7. The molecule has 0 amide bonds. The van der Waals surface area contributed by atoms with E-state index in [1.54, 1.807) is 0 Å². The fourth-order valence-electron chi connectivity index (χ4n) is 5.15. The second-order valence-corrected chi connectivity index (χ2v) is 6.56. The van der Waals surface area contributed by atoms with Gasteiger partial charge in [-0.1, -0.05) is 6.92 Å². The van der Waals surface area contributed by atoms with E-state index in [4.69, 9.17) is 5.73 Å². The summed E-state index contributed by atoms with van der Waals surface area (Å²) in [4.78, 5) is 0. The minimum atomic E-state index is -0.336. The number of hydrogen-bond donors (Lipinski definition) is 2. The van der Waals surface area contributed by atoms with E-state index in [2.05, 4.69) is 6.92 Å². The van der Waals surface area contributed by atoms with Crippen LogP contribution in [0.25, 0.3) is 0 Å². The molecule has 3 heteroatoms. The molecule has 2 nitrogen and oxygen atoms in total. The first-order valence-electron chi connectivity index (χ1n) is 6.53. The smallest absolute Gasteiger partial charge is 0.0659 e. The van der Waals surface area contributed by atoms with Gasteiger partial charge in [0.15, 0.2) is 0 Å². The number of halogens is 1. The van der Waals surface area contributed by atoms with E-state index >= 15 is 0 Å². The lowest BCUT2D eigenvalue weighted by atomic mass is 9.46. The third kappa shape index (κ3) is 1.70. The van der Waals surface area contributed by atoms with Crippen LogP contribution < -0.4 is 5.73 Å². The average Bonchev–Trinajstić information content (AvgIpc) is 2.12. The van der Waals surface area contributed by atoms with Gasteiger partial charge in [0.2, 0.25) is 0 Å². The van der Waals surface area contributed by atoms with E-state index in [1.165, 1.54) is 19.3 Å². The van der Waals surface area contributed by atoms with Crippen LogP contribution in [0, 0.1) is 17.3 Å². The molecule has 4 aliphatic carbocycles. The third-order valence-electron chi connectivity index (χ3n) is 5.30. The fourth-order valence-corrected chi connectivity index (χ4v) is 5.15. The van der Waals surface area contributed by atoms with Crippen LogP contribution in [0.2, 0.25) is 0 Å². The summed E-state index contributed by atoms with van der Waals surface area (Å²) in [6.07, 6.45) is 8.11. The van der Waals surface area contributed by atoms with Crippen molar-refractivity contribution in [2.45, 2.75) is 63.5 Å². The maximum atomic E-state index is 10.6. The molecule has 4 rings (SSSR count). The molecule has 0 aromatic rings. The van der Waals surface area contributed by atoms with Crippen molar-refractivity contribution in [3.05, 3.63) is 0 Å². The van der Waals surface area contributed by atoms with Crippen LogP contribution in [0.1, 0.15) is 51.9 Å². The molecule has 0 aliphatic heterocycles. The minimum Gasteiger partial charge on any atom is -0.390 e. The average molecular weight is 246 g/mol. The van der Waals surface area contributed by atoms with Gasteiger partial charge >= 0.3 is 0 Å². The van der Waals surface area contributed by atoms with Gasteiger partial charge in [-0.25, -0.2) is 0 Å². The first-order valence-corrected chi connectivity index (χ1v) is 6.53. The largest absolute Gasteiger partial charge is 0.390 e. The molecule has 0 aromatic heterocycles. The molecule has 4 bridgehead atoms. The van der Waals surface area contributed by atoms with Gasteiger partial charge in [-0.2, -0.15) is 0 Å². The highest BCUT2D eigenvalue weighted by atomic mass is 35.5.